The monoisotopic (exact) mass is 178 g/mol. The SMILES string of the molecule is Cc1ccoc1/C=C(\C=O)C(C)C. The number of aryl methyl sites for hydroxylation is 1. The van der Waals surface area contributed by atoms with Crippen LogP contribution in [0.15, 0.2) is 22.3 Å². The third kappa shape index (κ3) is 2.31. The topological polar surface area (TPSA) is 30.2 Å². The molecule has 1 aromatic rings. The minimum atomic E-state index is 0.238. The van der Waals surface area contributed by atoms with Gasteiger partial charge >= 0.3 is 0 Å². The van der Waals surface area contributed by atoms with E-state index in [1.165, 1.54) is 0 Å². The predicted molar refractivity (Wildman–Crippen MR) is 52.3 cm³/mol. The number of carbonyl (C=O) groups is 1. The summed E-state index contributed by atoms with van der Waals surface area (Å²) in [5.41, 5.74) is 1.82. The zero-order valence-corrected chi connectivity index (χ0v) is 8.20. The summed E-state index contributed by atoms with van der Waals surface area (Å²) in [5, 5.41) is 0. The molecule has 70 valence electrons. The second-order valence-electron chi connectivity index (χ2n) is 3.38. The lowest BCUT2D eigenvalue weighted by atomic mass is 10.0. The predicted octanol–water partition coefficient (Wildman–Crippen LogP) is 2.83. The van der Waals surface area contributed by atoms with E-state index < -0.39 is 0 Å². The maximum atomic E-state index is 10.7. The van der Waals surface area contributed by atoms with Crippen LogP contribution in [0, 0.1) is 12.8 Å². The molecule has 0 atom stereocenters. The Morgan fingerprint density at radius 2 is 2.23 bits per heavy atom. The molecular formula is C11H14O2. The molecule has 1 aromatic heterocycles. The number of aldehydes is 1. The number of allylic oxidation sites excluding steroid dienone is 1. The molecule has 0 aromatic carbocycles. The first-order valence-electron chi connectivity index (χ1n) is 4.36. The molecule has 0 N–H and O–H groups in total. The first kappa shape index (κ1) is 9.78. The Kier molecular flexibility index (Phi) is 3.07. The summed E-state index contributed by atoms with van der Waals surface area (Å²) in [6.45, 7) is 5.93. The molecule has 0 fully saturated rings. The molecule has 0 spiro atoms. The molecule has 0 aliphatic rings. The molecule has 0 radical (unpaired) electrons. The molecule has 2 nitrogen and oxygen atoms in total. The smallest absolute Gasteiger partial charge is 0.146 e. The van der Waals surface area contributed by atoms with Gasteiger partial charge in [-0.25, -0.2) is 0 Å². The van der Waals surface area contributed by atoms with E-state index in [0.29, 0.717) is 0 Å². The highest BCUT2D eigenvalue weighted by Crippen LogP contribution is 2.16. The van der Waals surface area contributed by atoms with E-state index in [9.17, 15) is 4.79 Å². The summed E-state index contributed by atoms with van der Waals surface area (Å²) in [6.07, 6.45) is 4.31. The highest BCUT2D eigenvalue weighted by molar-refractivity contribution is 5.81. The molecule has 0 unspecified atom stereocenters. The number of rotatable bonds is 3. The number of hydrogen-bond acceptors (Lipinski definition) is 2. The Labute approximate surface area is 78.3 Å². The van der Waals surface area contributed by atoms with Gasteiger partial charge < -0.3 is 4.42 Å². The van der Waals surface area contributed by atoms with Gasteiger partial charge in [0.25, 0.3) is 0 Å². The molecule has 0 bridgehead atoms. The largest absolute Gasteiger partial charge is 0.465 e. The summed E-state index contributed by atoms with van der Waals surface area (Å²) < 4.78 is 5.21. The Hall–Kier alpha value is -1.31. The van der Waals surface area contributed by atoms with Crippen LogP contribution in [-0.2, 0) is 4.79 Å². The van der Waals surface area contributed by atoms with Crippen molar-refractivity contribution < 1.29 is 9.21 Å². The van der Waals surface area contributed by atoms with Gasteiger partial charge in [0, 0.05) is 0 Å². The van der Waals surface area contributed by atoms with Crippen molar-refractivity contribution in [1.29, 1.82) is 0 Å². The number of carbonyl (C=O) groups excluding carboxylic acids is 1. The summed E-state index contributed by atoms with van der Waals surface area (Å²) in [6, 6.07) is 1.88. The van der Waals surface area contributed by atoms with E-state index in [4.69, 9.17) is 4.42 Å². The van der Waals surface area contributed by atoms with Crippen molar-refractivity contribution in [3.63, 3.8) is 0 Å². The van der Waals surface area contributed by atoms with Crippen molar-refractivity contribution in [2.45, 2.75) is 20.8 Å². The van der Waals surface area contributed by atoms with E-state index in [1.54, 1.807) is 12.3 Å². The Bertz CT molecular complexity index is 319. The van der Waals surface area contributed by atoms with E-state index in [0.717, 1.165) is 23.2 Å². The van der Waals surface area contributed by atoms with Crippen LogP contribution in [0.1, 0.15) is 25.2 Å². The number of furan rings is 1. The minimum Gasteiger partial charge on any atom is -0.465 e. The Morgan fingerprint density at radius 3 is 2.62 bits per heavy atom. The van der Waals surface area contributed by atoms with Gasteiger partial charge in [0.1, 0.15) is 12.0 Å². The van der Waals surface area contributed by atoms with Crippen LogP contribution >= 0.6 is 0 Å². The zero-order valence-electron chi connectivity index (χ0n) is 8.20. The first-order chi connectivity index (χ1) is 6.15. The fraction of sp³-hybridized carbons (Fsp3) is 0.364. The highest BCUT2D eigenvalue weighted by Gasteiger charge is 2.04. The molecule has 1 rings (SSSR count). The van der Waals surface area contributed by atoms with Crippen molar-refractivity contribution in [2.24, 2.45) is 5.92 Å². The molecular weight excluding hydrogens is 164 g/mol. The van der Waals surface area contributed by atoms with Gasteiger partial charge in [-0.15, -0.1) is 0 Å². The molecule has 0 aliphatic carbocycles. The van der Waals surface area contributed by atoms with E-state index in [2.05, 4.69) is 0 Å². The average molecular weight is 178 g/mol. The van der Waals surface area contributed by atoms with Crippen LogP contribution in [0.5, 0.6) is 0 Å². The van der Waals surface area contributed by atoms with Gasteiger partial charge in [-0.1, -0.05) is 13.8 Å². The van der Waals surface area contributed by atoms with Crippen LogP contribution in [0.25, 0.3) is 6.08 Å². The maximum absolute atomic E-state index is 10.7. The van der Waals surface area contributed by atoms with Crippen molar-refractivity contribution in [2.75, 3.05) is 0 Å². The molecule has 13 heavy (non-hydrogen) atoms. The van der Waals surface area contributed by atoms with Crippen molar-refractivity contribution in [3.8, 4) is 0 Å². The molecule has 2 heteroatoms. The lowest BCUT2D eigenvalue weighted by molar-refractivity contribution is -0.105. The molecule has 0 aliphatic heterocycles. The van der Waals surface area contributed by atoms with Gasteiger partial charge in [-0.2, -0.15) is 0 Å². The van der Waals surface area contributed by atoms with E-state index in [-0.39, 0.29) is 5.92 Å². The van der Waals surface area contributed by atoms with Crippen LogP contribution < -0.4 is 0 Å². The minimum absolute atomic E-state index is 0.238. The van der Waals surface area contributed by atoms with Crippen LogP contribution in [0.4, 0.5) is 0 Å². The highest BCUT2D eigenvalue weighted by atomic mass is 16.3. The molecule has 0 saturated carbocycles. The zero-order chi connectivity index (χ0) is 9.84. The quantitative estimate of drug-likeness (QED) is 0.526. The third-order valence-electron chi connectivity index (χ3n) is 2.00. The standard InChI is InChI=1S/C11H14O2/c1-8(2)10(7-12)6-11-9(3)4-5-13-11/h4-8H,1-3H3/b10-6+. The summed E-state index contributed by atoms with van der Waals surface area (Å²) >= 11 is 0. The van der Waals surface area contributed by atoms with Crippen molar-refractivity contribution in [3.05, 3.63) is 29.2 Å². The van der Waals surface area contributed by atoms with E-state index in [1.807, 2.05) is 26.8 Å². The van der Waals surface area contributed by atoms with Gasteiger partial charge in [-0.3, -0.25) is 4.79 Å². The summed E-state index contributed by atoms with van der Waals surface area (Å²) in [4.78, 5) is 10.7. The van der Waals surface area contributed by atoms with Crippen molar-refractivity contribution in [1.82, 2.24) is 0 Å². The number of hydrogen-bond donors (Lipinski definition) is 0. The third-order valence-corrected chi connectivity index (χ3v) is 2.00. The van der Waals surface area contributed by atoms with E-state index >= 15 is 0 Å². The molecule has 0 amide bonds. The van der Waals surface area contributed by atoms with Gasteiger partial charge in [0.15, 0.2) is 0 Å². The fourth-order valence-electron chi connectivity index (χ4n) is 1.02. The van der Waals surface area contributed by atoms with Gasteiger partial charge in [0.05, 0.1) is 6.26 Å². The Balaban J connectivity index is 2.98. The van der Waals surface area contributed by atoms with Gasteiger partial charge in [-0.05, 0) is 36.1 Å². The lowest BCUT2D eigenvalue weighted by Gasteiger charge is -2.01. The Morgan fingerprint density at radius 1 is 1.54 bits per heavy atom. The maximum Gasteiger partial charge on any atom is 0.146 e. The average Bonchev–Trinajstić information content (AvgIpc) is 2.46. The summed E-state index contributed by atoms with van der Waals surface area (Å²) in [5.74, 6) is 1.01. The normalized spacial score (nSPS) is 12.2. The second-order valence-corrected chi connectivity index (χ2v) is 3.38. The van der Waals surface area contributed by atoms with Gasteiger partial charge in [0.2, 0.25) is 0 Å². The van der Waals surface area contributed by atoms with Crippen LogP contribution in [-0.4, -0.2) is 6.29 Å². The summed E-state index contributed by atoms with van der Waals surface area (Å²) in [7, 11) is 0. The van der Waals surface area contributed by atoms with Crippen molar-refractivity contribution >= 4 is 12.4 Å². The van der Waals surface area contributed by atoms with Crippen LogP contribution in [0.3, 0.4) is 0 Å². The molecule has 1 heterocycles. The molecule has 0 saturated heterocycles. The lowest BCUT2D eigenvalue weighted by Crippen LogP contribution is -1.94. The van der Waals surface area contributed by atoms with Crippen LogP contribution in [0.2, 0.25) is 0 Å². The first-order valence-corrected chi connectivity index (χ1v) is 4.36. The second kappa shape index (κ2) is 4.08. The fourth-order valence-corrected chi connectivity index (χ4v) is 1.02.